The lowest BCUT2D eigenvalue weighted by Gasteiger charge is -2.15. The number of methoxy groups -OCH3 is 1. The van der Waals surface area contributed by atoms with E-state index in [1.807, 2.05) is 0 Å². The number of amides is 2. The molecule has 0 atom stereocenters. The van der Waals surface area contributed by atoms with Gasteiger partial charge >= 0.3 is 5.97 Å². The molecule has 0 spiro atoms. The fraction of sp³-hybridized carbons (Fsp3) is 0.211. The van der Waals surface area contributed by atoms with E-state index in [1.54, 1.807) is 19.1 Å². The largest absolute Gasteiger partial charge is 0.465 e. The molecule has 3 N–H and O–H groups in total. The Morgan fingerprint density at radius 3 is 2.24 bits per heavy atom. The zero-order chi connectivity index (χ0) is 21.8. The van der Waals surface area contributed by atoms with Gasteiger partial charge in [-0.25, -0.2) is 13.2 Å². The van der Waals surface area contributed by atoms with Crippen LogP contribution >= 0.6 is 0 Å². The number of nitrogens with one attached hydrogen (secondary N) is 3. The van der Waals surface area contributed by atoms with Crippen LogP contribution in [0.25, 0.3) is 0 Å². The Kier molecular flexibility index (Phi) is 6.60. The topological polar surface area (TPSA) is 131 Å². The predicted octanol–water partition coefficient (Wildman–Crippen LogP) is 2.36. The molecule has 0 aliphatic heterocycles. The van der Waals surface area contributed by atoms with Crippen molar-refractivity contribution in [3.8, 4) is 0 Å². The molecule has 9 nitrogen and oxygen atoms in total. The Bertz CT molecular complexity index is 1080. The van der Waals surface area contributed by atoms with Crippen molar-refractivity contribution in [1.29, 1.82) is 0 Å². The van der Waals surface area contributed by atoms with Crippen LogP contribution in [-0.2, 0) is 19.6 Å². The molecule has 0 bridgehead atoms. The van der Waals surface area contributed by atoms with Gasteiger partial charge in [-0.3, -0.25) is 14.3 Å². The smallest absolute Gasteiger partial charge is 0.337 e. The van der Waals surface area contributed by atoms with Crippen LogP contribution in [0.15, 0.2) is 36.4 Å². The standard InChI is InChI=1S/C19H21N3O6S/c1-11-5-6-13(19(25)28-3)9-17(11)21-18(24)15-10-14(20-12(2)23)7-8-16(15)22-29(4,26)27/h5-10,22H,1-4H3,(H,20,23)(H,21,24). The summed E-state index contributed by atoms with van der Waals surface area (Å²) in [7, 11) is -2.40. The van der Waals surface area contributed by atoms with Crippen molar-refractivity contribution >= 4 is 44.9 Å². The van der Waals surface area contributed by atoms with Gasteiger partial charge in [-0.05, 0) is 42.8 Å². The highest BCUT2D eigenvalue weighted by atomic mass is 32.2. The summed E-state index contributed by atoms with van der Waals surface area (Å²) < 4.78 is 30.2. The Morgan fingerprint density at radius 1 is 0.966 bits per heavy atom. The van der Waals surface area contributed by atoms with E-state index >= 15 is 0 Å². The van der Waals surface area contributed by atoms with Crippen LogP contribution in [-0.4, -0.2) is 39.6 Å². The van der Waals surface area contributed by atoms with Crippen molar-refractivity contribution in [3.63, 3.8) is 0 Å². The summed E-state index contributed by atoms with van der Waals surface area (Å²) in [5.41, 5.74) is 1.64. The first-order chi connectivity index (χ1) is 13.5. The number of benzene rings is 2. The predicted molar refractivity (Wildman–Crippen MR) is 110 cm³/mol. The molecule has 0 heterocycles. The molecule has 0 unspecified atom stereocenters. The number of carbonyl (C=O) groups is 3. The van der Waals surface area contributed by atoms with Crippen molar-refractivity contribution in [2.75, 3.05) is 28.7 Å². The lowest BCUT2D eigenvalue weighted by Crippen LogP contribution is -2.19. The quantitative estimate of drug-likeness (QED) is 0.616. The summed E-state index contributed by atoms with van der Waals surface area (Å²) in [6.07, 6.45) is 0.959. The van der Waals surface area contributed by atoms with Gasteiger partial charge in [0.25, 0.3) is 5.91 Å². The Morgan fingerprint density at radius 2 is 1.66 bits per heavy atom. The van der Waals surface area contributed by atoms with Crippen molar-refractivity contribution in [2.45, 2.75) is 13.8 Å². The van der Waals surface area contributed by atoms with E-state index in [0.29, 0.717) is 16.9 Å². The average Bonchev–Trinajstić information content (AvgIpc) is 2.62. The first-order valence-corrected chi connectivity index (χ1v) is 10.3. The highest BCUT2D eigenvalue weighted by Gasteiger charge is 2.17. The molecule has 2 aromatic rings. The van der Waals surface area contributed by atoms with Crippen molar-refractivity contribution < 1.29 is 27.5 Å². The molecule has 0 aliphatic rings. The van der Waals surface area contributed by atoms with Gasteiger partial charge in [0.05, 0.1) is 30.2 Å². The summed E-state index contributed by atoms with van der Waals surface area (Å²) in [4.78, 5) is 35.9. The molecule has 10 heteroatoms. The highest BCUT2D eigenvalue weighted by Crippen LogP contribution is 2.25. The zero-order valence-corrected chi connectivity index (χ0v) is 17.1. The normalized spacial score (nSPS) is 10.8. The molecule has 0 aromatic heterocycles. The van der Waals surface area contributed by atoms with Crippen LogP contribution < -0.4 is 15.4 Å². The van der Waals surface area contributed by atoms with Gasteiger partial charge in [-0.15, -0.1) is 0 Å². The van der Waals surface area contributed by atoms with E-state index in [0.717, 1.165) is 6.26 Å². The summed E-state index contributed by atoms with van der Waals surface area (Å²) in [6, 6.07) is 8.86. The van der Waals surface area contributed by atoms with Gasteiger partial charge in [0.1, 0.15) is 0 Å². The molecule has 2 amide bonds. The Hall–Kier alpha value is -3.40. The second kappa shape index (κ2) is 8.74. The number of aryl methyl sites for hydroxylation is 1. The molecule has 154 valence electrons. The lowest BCUT2D eigenvalue weighted by atomic mass is 10.1. The summed E-state index contributed by atoms with van der Waals surface area (Å²) >= 11 is 0. The van der Waals surface area contributed by atoms with Gasteiger partial charge in [-0.2, -0.15) is 0 Å². The van der Waals surface area contributed by atoms with E-state index in [2.05, 4.69) is 20.1 Å². The summed E-state index contributed by atoms with van der Waals surface area (Å²) in [5.74, 6) is -1.54. The third kappa shape index (κ3) is 6.04. The molecule has 2 aromatic carbocycles. The van der Waals surface area contributed by atoms with Crippen molar-refractivity contribution in [3.05, 3.63) is 53.1 Å². The monoisotopic (exact) mass is 419 g/mol. The molecule has 29 heavy (non-hydrogen) atoms. The number of anilines is 3. The molecule has 0 fully saturated rings. The van der Waals surface area contributed by atoms with Crippen LogP contribution in [0.2, 0.25) is 0 Å². The highest BCUT2D eigenvalue weighted by molar-refractivity contribution is 7.92. The molecule has 0 radical (unpaired) electrons. The fourth-order valence-electron chi connectivity index (χ4n) is 2.49. The first kappa shape index (κ1) is 21.9. The molecule has 0 aliphatic carbocycles. The van der Waals surface area contributed by atoms with Crippen molar-refractivity contribution in [2.24, 2.45) is 0 Å². The van der Waals surface area contributed by atoms with Gasteiger partial charge < -0.3 is 15.4 Å². The number of sulfonamides is 1. The van der Waals surface area contributed by atoms with Gasteiger partial charge in [0.2, 0.25) is 15.9 Å². The second-order valence-corrected chi connectivity index (χ2v) is 8.04. The molecule has 2 rings (SSSR count). The summed E-state index contributed by atoms with van der Waals surface area (Å²) in [6.45, 7) is 3.05. The van der Waals surface area contributed by atoms with Crippen LogP contribution in [0, 0.1) is 6.92 Å². The number of hydrogen-bond donors (Lipinski definition) is 3. The number of rotatable bonds is 6. The molecular formula is C19H21N3O6S. The fourth-order valence-corrected chi connectivity index (χ4v) is 3.07. The SMILES string of the molecule is COC(=O)c1ccc(C)c(NC(=O)c2cc(NC(C)=O)ccc2NS(C)(=O)=O)c1. The van der Waals surface area contributed by atoms with E-state index in [4.69, 9.17) is 0 Å². The minimum Gasteiger partial charge on any atom is -0.465 e. The van der Waals surface area contributed by atoms with Gasteiger partial charge in [-0.1, -0.05) is 6.07 Å². The van der Waals surface area contributed by atoms with Gasteiger partial charge in [0, 0.05) is 18.3 Å². The Balaban J connectivity index is 2.45. The lowest BCUT2D eigenvalue weighted by molar-refractivity contribution is -0.114. The number of hydrogen-bond acceptors (Lipinski definition) is 6. The maximum atomic E-state index is 12.9. The van der Waals surface area contributed by atoms with Crippen LogP contribution in [0.4, 0.5) is 17.1 Å². The van der Waals surface area contributed by atoms with E-state index in [-0.39, 0.29) is 22.7 Å². The minimum absolute atomic E-state index is 0.00968. The van der Waals surface area contributed by atoms with Crippen LogP contribution in [0.3, 0.4) is 0 Å². The zero-order valence-electron chi connectivity index (χ0n) is 16.3. The van der Waals surface area contributed by atoms with Crippen LogP contribution in [0.5, 0.6) is 0 Å². The van der Waals surface area contributed by atoms with E-state index < -0.39 is 21.9 Å². The maximum absolute atomic E-state index is 12.9. The van der Waals surface area contributed by atoms with Crippen molar-refractivity contribution in [1.82, 2.24) is 0 Å². The number of esters is 1. The third-order valence-corrected chi connectivity index (χ3v) is 4.38. The first-order valence-electron chi connectivity index (χ1n) is 8.40. The number of carbonyl (C=O) groups excluding carboxylic acids is 3. The average molecular weight is 419 g/mol. The molecule has 0 saturated carbocycles. The maximum Gasteiger partial charge on any atom is 0.337 e. The molecular weight excluding hydrogens is 398 g/mol. The van der Waals surface area contributed by atoms with E-state index in [9.17, 15) is 22.8 Å². The Labute approximate surface area is 168 Å². The third-order valence-electron chi connectivity index (χ3n) is 3.79. The summed E-state index contributed by atoms with van der Waals surface area (Å²) in [5, 5.41) is 5.20. The van der Waals surface area contributed by atoms with Gasteiger partial charge in [0.15, 0.2) is 0 Å². The number of ether oxygens (including phenoxy) is 1. The van der Waals surface area contributed by atoms with Crippen LogP contribution in [0.1, 0.15) is 33.2 Å². The minimum atomic E-state index is -3.65. The second-order valence-electron chi connectivity index (χ2n) is 6.29. The van der Waals surface area contributed by atoms with E-state index in [1.165, 1.54) is 38.3 Å². The molecule has 0 saturated heterocycles.